The first-order valence-corrected chi connectivity index (χ1v) is 7.36. The Morgan fingerprint density at radius 1 is 0.950 bits per heavy atom. The van der Waals surface area contributed by atoms with Crippen molar-refractivity contribution in [3.63, 3.8) is 0 Å². The molecular weight excluding hydrogens is 249 g/mol. The van der Waals surface area contributed by atoms with Gasteiger partial charge in [-0.25, -0.2) is 4.39 Å². The van der Waals surface area contributed by atoms with Gasteiger partial charge in [0, 0.05) is 6.54 Å². The minimum atomic E-state index is -0.104. The third-order valence-corrected chi connectivity index (χ3v) is 3.92. The number of hydrogen-bond donors (Lipinski definition) is 1. The van der Waals surface area contributed by atoms with Crippen LogP contribution in [-0.4, -0.2) is 6.54 Å². The van der Waals surface area contributed by atoms with Gasteiger partial charge in [-0.05, 0) is 54.5 Å². The van der Waals surface area contributed by atoms with Crippen LogP contribution in [0.25, 0.3) is 0 Å². The second-order valence-electron chi connectivity index (χ2n) is 5.49. The number of nitrogens with one attached hydrogen (secondary N) is 1. The number of halogens is 1. The van der Waals surface area contributed by atoms with Crippen molar-refractivity contribution in [2.24, 2.45) is 0 Å². The normalized spacial score (nSPS) is 14.4. The summed E-state index contributed by atoms with van der Waals surface area (Å²) < 4.78 is 13.5. The van der Waals surface area contributed by atoms with Crippen LogP contribution in [0.5, 0.6) is 0 Å². The molecule has 0 aliphatic heterocycles. The number of hydrogen-bond acceptors (Lipinski definition) is 1. The van der Waals surface area contributed by atoms with E-state index in [1.807, 2.05) is 12.1 Å². The van der Waals surface area contributed by atoms with E-state index in [2.05, 4.69) is 29.6 Å². The number of rotatable bonds is 6. The van der Waals surface area contributed by atoms with Crippen LogP contribution in [0.15, 0.2) is 48.5 Å². The van der Waals surface area contributed by atoms with Gasteiger partial charge in [0.15, 0.2) is 0 Å². The Bertz CT molecular complexity index is 575. The highest BCUT2D eigenvalue weighted by molar-refractivity contribution is 5.33. The van der Waals surface area contributed by atoms with Gasteiger partial charge in [0.05, 0.1) is 0 Å². The molecule has 0 heterocycles. The topological polar surface area (TPSA) is 12.0 Å². The average molecular weight is 269 g/mol. The zero-order valence-corrected chi connectivity index (χ0v) is 11.6. The minimum Gasteiger partial charge on any atom is -0.312 e. The van der Waals surface area contributed by atoms with E-state index in [1.54, 1.807) is 6.07 Å². The fourth-order valence-corrected chi connectivity index (χ4v) is 2.64. The molecule has 3 rings (SSSR count). The second-order valence-corrected chi connectivity index (χ2v) is 5.49. The monoisotopic (exact) mass is 269 g/mol. The van der Waals surface area contributed by atoms with Crippen LogP contribution in [0.3, 0.4) is 0 Å². The Kier molecular flexibility index (Phi) is 4.12. The van der Waals surface area contributed by atoms with Crippen molar-refractivity contribution in [3.05, 3.63) is 71.0 Å². The van der Waals surface area contributed by atoms with Crippen LogP contribution < -0.4 is 5.32 Å². The summed E-state index contributed by atoms with van der Waals surface area (Å²) in [5.41, 5.74) is 3.67. The van der Waals surface area contributed by atoms with Gasteiger partial charge in [-0.2, -0.15) is 0 Å². The molecule has 2 heteroatoms. The molecule has 1 aliphatic rings. The van der Waals surface area contributed by atoms with E-state index in [-0.39, 0.29) is 5.82 Å². The largest absolute Gasteiger partial charge is 0.312 e. The Morgan fingerprint density at radius 3 is 2.40 bits per heavy atom. The van der Waals surface area contributed by atoms with Crippen LogP contribution in [0, 0.1) is 5.82 Å². The second kappa shape index (κ2) is 6.19. The maximum atomic E-state index is 13.5. The van der Waals surface area contributed by atoms with Gasteiger partial charge < -0.3 is 5.32 Å². The maximum absolute atomic E-state index is 13.5. The van der Waals surface area contributed by atoms with Crippen LogP contribution in [0.4, 0.5) is 4.39 Å². The van der Waals surface area contributed by atoms with Crippen molar-refractivity contribution < 1.29 is 4.39 Å². The van der Waals surface area contributed by atoms with E-state index < -0.39 is 0 Å². The quantitative estimate of drug-likeness (QED) is 0.781. The van der Waals surface area contributed by atoms with E-state index in [9.17, 15) is 4.39 Å². The molecule has 0 spiro atoms. The molecule has 0 saturated heterocycles. The molecule has 2 aromatic carbocycles. The minimum absolute atomic E-state index is 0.104. The van der Waals surface area contributed by atoms with Crippen molar-refractivity contribution in [2.75, 3.05) is 6.54 Å². The Hall–Kier alpha value is -1.67. The van der Waals surface area contributed by atoms with Gasteiger partial charge in [0.25, 0.3) is 0 Å². The molecule has 0 atom stereocenters. The summed E-state index contributed by atoms with van der Waals surface area (Å²) in [4.78, 5) is 0. The summed E-state index contributed by atoms with van der Waals surface area (Å²) in [6.45, 7) is 1.68. The van der Waals surface area contributed by atoms with Gasteiger partial charge in [0.2, 0.25) is 0 Å². The molecule has 0 radical (unpaired) electrons. The number of benzene rings is 2. The third kappa shape index (κ3) is 3.26. The molecule has 1 aliphatic carbocycles. The fraction of sp³-hybridized carbons (Fsp3) is 0.333. The molecule has 1 saturated carbocycles. The first kappa shape index (κ1) is 13.3. The summed E-state index contributed by atoms with van der Waals surface area (Å²) >= 11 is 0. The molecule has 1 N–H and O–H groups in total. The molecule has 104 valence electrons. The summed E-state index contributed by atoms with van der Waals surface area (Å²) in [5, 5.41) is 3.43. The van der Waals surface area contributed by atoms with Gasteiger partial charge >= 0.3 is 0 Å². The summed E-state index contributed by atoms with van der Waals surface area (Å²) in [6.07, 6.45) is 3.39. The molecule has 2 aromatic rings. The third-order valence-electron chi connectivity index (χ3n) is 3.92. The fourth-order valence-electron chi connectivity index (χ4n) is 2.64. The van der Waals surface area contributed by atoms with Crippen LogP contribution in [0.1, 0.15) is 35.4 Å². The molecule has 1 nitrogen and oxygen atoms in total. The highest BCUT2D eigenvalue weighted by atomic mass is 19.1. The van der Waals surface area contributed by atoms with Crippen molar-refractivity contribution in [2.45, 2.75) is 31.7 Å². The lowest BCUT2D eigenvalue weighted by Gasteiger charge is -2.10. The lowest BCUT2D eigenvalue weighted by Crippen LogP contribution is -2.18. The molecular formula is C18H20FN. The van der Waals surface area contributed by atoms with Crippen LogP contribution in [-0.2, 0) is 13.0 Å². The van der Waals surface area contributed by atoms with Crippen molar-refractivity contribution in [1.82, 2.24) is 5.32 Å². The highest BCUT2D eigenvalue weighted by Crippen LogP contribution is 2.41. The maximum Gasteiger partial charge on any atom is 0.126 e. The highest BCUT2D eigenvalue weighted by Gasteiger charge is 2.25. The standard InChI is InChI=1S/C18H20FN/c19-18-8-4-2-5-15(18)11-12-20-13-16-6-1-3-7-17(16)14-9-10-14/h1-8,14,20H,9-13H2. The van der Waals surface area contributed by atoms with Gasteiger partial charge in [-0.3, -0.25) is 0 Å². The zero-order chi connectivity index (χ0) is 13.8. The SMILES string of the molecule is Fc1ccccc1CCNCc1ccccc1C1CC1. The summed E-state index contributed by atoms with van der Waals surface area (Å²) in [5.74, 6) is 0.673. The van der Waals surface area contributed by atoms with Gasteiger partial charge in [0.1, 0.15) is 5.82 Å². The van der Waals surface area contributed by atoms with Crippen molar-refractivity contribution in [3.8, 4) is 0 Å². The van der Waals surface area contributed by atoms with Crippen LogP contribution in [0.2, 0.25) is 0 Å². The Morgan fingerprint density at radius 2 is 1.65 bits per heavy atom. The molecule has 0 unspecified atom stereocenters. The van der Waals surface area contributed by atoms with Gasteiger partial charge in [-0.1, -0.05) is 42.5 Å². The van der Waals surface area contributed by atoms with E-state index >= 15 is 0 Å². The van der Waals surface area contributed by atoms with E-state index in [0.29, 0.717) is 0 Å². The average Bonchev–Trinajstić information content (AvgIpc) is 3.30. The Balaban J connectivity index is 1.52. The first-order chi connectivity index (χ1) is 9.84. The van der Waals surface area contributed by atoms with E-state index in [0.717, 1.165) is 31.0 Å². The van der Waals surface area contributed by atoms with Crippen molar-refractivity contribution >= 4 is 0 Å². The summed E-state index contributed by atoms with van der Waals surface area (Å²) in [6, 6.07) is 15.7. The predicted octanol–water partition coefficient (Wildman–Crippen LogP) is 4.04. The van der Waals surface area contributed by atoms with E-state index in [1.165, 1.54) is 30.0 Å². The van der Waals surface area contributed by atoms with Gasteiger partial charge in [-0.15, -0.1) is 0 Å². The molecule has 0 bridgehead atoms. The van der Waals surface area contributed by atoms with E-state index in [4.69, 9.17) is 0 Å². The smallest absolute Gasteiger partial charge is 0.126 e. The Labute approximate surface area is 119 Å². The molecule has 20 heavy (non-hydrogen) atoms. The lowest BCUT2D eigenvalue weighted by molar-refractivity contribution is 0.597. The first-order valence-electron chi connectivity index (χ1n) is 7.36. The zero-order valence-electron chi connectivity index (χ0n) is 11.6. The molecule has 0 amide bonds. The predicted molar refractivity (Wildman–Crippen MR) is 80.2 cm³/mol. The molecule has 0 aromatic heterocycles. The lowest BCUT2D eigenvalue weighted by atomic mass is 10.0. The van der Waals surface area contributed by atoms with Crippen LogP contribution >= 0.6 is 0 Å². The summed E-state index contributed by atoms with van der Waals surface area (Å²) in [7, 11) is 0. The molecule has 1 fully saturated rings. The van der Waals surface area contributed by atoms with Crippen molar-refractivity contribution in [1.29, 1.82) is 0 Å².